The molecule has 1 aliphatic heterocycles. The molecule has 0 saturated carbocycles. The number of likely N-dealkylation sites (tertiary alicyclic amines) is 1. The molecule has 7 heteroatoms. The summed E-state index contributed by atoms with van der Waals surface area (Å²) in [6, 6.07) is 5.32. The first-order valence-corrected chi connectivity index (χ1v) is 9.48. The molecule has 1 fully saturated rings. The van der Waals surface area contributed by atoms with Crippen LogP contribution in [0, 0.1) is 5.92 Å². The van der Waals surface area contributed by atoms with Crippen molar-refractivity contribution in [3.8, 4) is 11.5 Å². The topological polar surface area (TPSA) is 79.9 Å². The summed E-state index contributed by atoms with van der Waals surface area (Å²) in [5, 5.41) is 5.14. The smallest absolute Gasteiger partial charge is 0.321 e. The highest BCUT2D eigenvalue weighted by molar-refractivity contribution is 5.95. The third-order valence-corrected chi connectivity index (χ3v) is 4.77. The number of nitrogens with one attached hydrogen (secondary N) is 2. The van der Waals surface area contributed by atoms with Crippen molar-refractivity contribution in [1.82, 2.24) is 15.5 Å². The van der Waals surface area contributed by atoms with Crippen LogP contribution in [0.5, 0.6) is 11.5 Å². The number of methoxy groups -OCH3 is 2. The minimum atomic E-state index is -0.435. The van der Waals surface area contributed by atoms with Gasteiger partial charge in [-0.1, -0.05) is 13.8 Å². The first-order chi connectivity index (χ1) is 12.9. The van der Waals surface area contributed by atoms with Crippen LogP contribution in [-0.4, -0.2) is 50.7 Å². The Kier molecular flexibility index (Phi) is 7.91. The molecule has 0 aromatic heterocycles. The van der Waals surface area contributed by atoms with Crippen molar-refractivity contribution in [3.63, 3.8) is 0 Å². The second-order valence-electron chi connectivity index (χ2n) is 7.22. The second kappa shape index (κ2) is 10.2. The van der Waals surface area contributed by atoms with Gasteiger partial charge in [0, 0.05) is 18.2 Å². The lowest BCUT2D eigenvalue weighted by Crippen LogP contribution is -2.44. The van der Waals surface area contributed by atoms with Gasteiger partial charge in [0.05, 0.1) is 20.8 Å². The van der Waals surface area contributed by atoms with Gasteiger partial charge in [0.2, 0.25) is 5.91 Å². The molecule has 3 amide bonds. The van der Waals surface area contributed by atoms with E-state index in [1.807, 2.05) is 18.2 Å². The maximum Gasteiger partial charge on any atom is 0.321 e. The van der Waals surface area contributed by atoms with E-state index in [1.165, 1.54) is 0 Å². The average molecular weight is 377 g/mol. The van der Waals surface area contributed by atoms with Gasteiger partial charge in [-0.2, -0.15) is 0 Å². The highest BCUT2D eigenvalue weighted by Crippen LogP contribution is 2.38. The number of imide groups is 1. The number of ether oxygens (including phenoxy) is 2. The highest BCUT2D eigenvalue weighted by atomic mass is 16.5. The number of urea groups is 1. The number of hydrogen-bond donors (Lipinski definition) is 2. The summed E-state index contributed by atoms with van der Waals surface area (Å²) < 4.78 is 10.8. The van der Waals surface area contributed by atoms with Gasteiger partial charge in [-0.25, -0.2) is 4.79 Å². The number of nitrogens with zero attached hydrogens (tertiary/aromatic N) is 1. The number of benzene rings is 1. The molecule has 0 aliphatic carbocycles. The number of hydrogen-bond acceptors (Lipinski definition) is 5. The van der Waals surface area contributed by atoms with Crippen LogP contribution < -0.4 is 20.1 Å². The highest BCUT2D eigenvalue weighted by Gasteiger charge is 2.30. The van der Waals surface area contributed by atoms with Crippen molar-refractivity contribution in [2.45, 2.75) is 39.2 Å². The van der Waals surface area contributed by atoms with Gasteiger partial charge in [0.25, 0.3) is 0 Å². The number of amides is 3. The Balaban J connectivity index is 1.96. The fraction of sp³-hybridized carbons (Fsp3) is 0.600. The van der Waals surface area contributed by atoms with Crippen LogP contribution in [-0.2, 0) is 4.79 Å². The molecule has 0 spiro atoms. The van der Waals surface area contributed by atoms with Gasteiger partial charge >= 0.3 is 6.03 Å². The Morgan fingerprint density at radius 2 is 2.04 bits per heavy atom. The molecule has 2 N–H and O–H groups in total. The van der Waals surface area contributed by atoms with E-state index in [1.54, 1.807) is 14.2 Å². The second-order valence-corrected chi connectivity index (χ2v) is 7.22. The van der Waals surface area contributed by atoms with Crippen LogP contribution in [0.25, 0.3) is 0 Å². The van der Waals surface area contributed by atoms with Crippen molar-refractivity contribution < 1.29 is 19.1 Å². The Morgan fingerprint density at radius 3 is 2.70 bits per heavy atom. The molecule has 0 radical (unpaired) electrons. The Bertz CT molecular complexity index is 648. The van der Waals surface area contributed by atoms with Crippen molar-refractivity contribution >= 4 is 11.9 Å². The molecule has 1 aliphatic rings. The maximum absolute atomic E-state index is 12.3. The van der Waals surface area contributed by atoms with Gasteiger partial charge in [-0.05, 0) is 49.9 Å². The van der Waals surface area contributed by atoms with Gasteiger partial charge in [0.1, 0.15) is 11.5 Å². The molecule has 0 bridgehead atoms. The van der Waals surface area contributed by atoms with E-state index in [4.69, 9.17) is 9.47 Å². The van der Waals surface area contributed by atoms with Crippen molar-refractivity contribution in [3.05, 3.63) is 23.8 Å². The summed E-state index contributed by atoms with van der Waals surface area (Å²) in [6.07, 6.45) is 2.79. The Morgan fingerprint density at radius 1 is 1.26 bits per heavy atom. The SMILES string of the molecule is COc1ccc(OC)c([C@H]2CCCN2CC(=O)NC(=O)NCCC(C)C)c1. The summed E-state index contributed by atoms with van der Waals surface area (Å²) >= 11 is 0. The Hall–Kier alpha value is -2.28. The van der Waals surface area contributed by atoms with Gasteiger partial charge in [-0.3, -0.25) is 15.0 Å². The van der Waals surface area contributed by atoms with E-state index in [2.05, 4.69) is 29.4 Å². The monoisotopic (exact) mass is 377 g/mol. The molecule has 1 saturated heterocycles. The number of rotatable bonds is 8. The molecular formula is C20H31N3O4. The largest absolute Gasteiger partial charge is 0.497 e. The van der Waals surface area contributed by atoms with Gasteiger partial charge in [0.15, 0.2) is 0 Å². The average Bonchev–Trinajstić information content (AvgIpc) is 3.08. The van der Waals surface area contributed by atoms with Crippen LogP contribution in [0.4, 0.5) is 4.79 Å². The summed E-state index contributed by atoms with van der Waals surface area (Å²) in [7, 11) is 3.27. The van der Waals surface area contributed by atoms with E-state index in [9.17, 15) is 9.59 Å². The normalized spacial score (nSPS) is 17.0. The fourth-order valence-electron chi connectivity index (χ4n) is 3.34. The minimum absolute atomic E-state index is 0.0600. The van der Waals surface area contributed by atoms with Crippen molar-refractivity contribution in [1.29, 1.82) is 0 Å². The molecule has 1 heterocycles. The predicted molar refractivity (Wildman–Crippen MR) is 104 cm³/mol. The maximum atomic E-state index is 12.3. The molecule has 1 aromatic rings. The van der Waals surface area contributed by atoms with E-state index < -0.39 is 6.03 Å². The molecule has 2 rings (SSSR count). The van der Waals surface area contributed by atoms with E-state index in [0.717, 1.165) is 42.9 Å². The minimum Gasteiger partial charge on any atom is -0.497 e. The summed E-state index contributed by atoms with van der Waals surface area (Å²) in [4.78, 5) is 26.2. The Labute approximate surface area is 161 Å². The lowest BCUT2D eigenvalue weighted by Gasteiger charge is -2.25. The van der Waals surface area contributed by atoms with Crippen LogP contribution in [0.15, 0.2) is 18.2 Å². The zero-order valence-electron chi connectivity index (χ0n) is 16.7. The van der Waals surface area contributed by atoms with Crippen LogP contribution in [0.3, 0.4) is 0 Å². The number of carbonyl (C=O) groups excluding carboxylic acids is 2. The molecule has 150 valence electrons. The third-order valence-electron chi connectivity index (χ3n) is 4.77. The molecular weight excluding hydrogens is 346 g/mol. The third kappa shape index (κ3) is 6.13. The molecule has 1 aromatic carbocycles. The van der Waals surface area contributed by atoms with Crippen LogP contribution >= 0.6 is 0 Å². The first kappa shape index (κ1) is 21.0. The molecule has 0 unspecified atom stereocenters. The zero-order valence-corrected chi connectivity index (χ0v) is 16.7. The van der Waals surface area contributed by atoms with Gasteiger partial charge in [-0.15, -0.1) is 0 Å². The van der Waals surface area contributed by atoms with Crippen molar-refractivity contribution in [2.24, 2.45) is 5.92 Å². The summed E-state index contributed by atoms with van der Waals surface area (Å²) in [5.74, 6) is 1.74. The summed E-state index contributed by atoms with van der Waals surface area (Å²) in [5.41, 5.74) is 1.00. The standard InChI is InChI=1S/C20H31N3O4/c1-14(2)9-10-21-20(25)22-19(24)13-23-11-5-6-17(23)16-12-15(26-3)7-8-18(16)27-4/h7-8,12,14,17H,5-6,9-11,13H2,1-4H3,(H2,21,22,24,25)/t17-/m1/s1. The van der Waals surface area contributed by atoms with E-state index in [-0.39, 0.29) is 18.5 Å². The predicted octanol–water partition coefficient (Wildman–Crippen LogP) is 2.71. The lowest BCUT2D eigenvalue weighted by atomic mass is 10.0. The molecule has 7 nitrogen and oxygen atoms in total. The summed E-state index contributed by atoms with van der Waals surface area (Å²) in [6.45, 7) is 5.70. The molecule has 1 atom stereocenters. The van der Waals surface area contributed by atoms with E-state index >= 15 is 0 Å². The van der Waals surface area contributed by atoms with Crippen LogP contribution in [0.2, 0.25) is 0 Å². The number of carbonyl (C=O) groups is 2. The fourth-order valence-corrected chi connectivity index (χ4v) is 3.34. The first-order valence-electron chi connectivity index (χ1n) is 9.48. The van der Waals surface area contributed by atoms with Crippen LogP contribution in [0.1, 0.15) is 44.7 Å². The lowest BCUT2D eigenvalue weighted by molar-refractivity contribution is -0.121. The van der Waals surface area contributed by atoms with Crippen molar-refractivity contribution in [2.75, 3.05) is 33.9 Å². The molecule has 27 heavy (non-hydrogen) atoms. The quantitative estimate of drug-likeness (QED) is 0.728. The van der Waals surface area contributed by atoms with E-state index in [0.29, 0.717) is 12.5 Å². The zero-order chi connectivity index (χ0) is 19.8. The van der Waals surface area contributed by atoms with Gasteiger partial charge < -0.3 is 14.8 Å².